The van der Waals surface area contributed by atoms with E-state index in [1.54, 1.807) is 32.6 Å². The first-order valence-electron chi connectivity index (χ1n) is 15.7. The van der Waals surface area contributed by atoms with Crippen molar-refractivity contribution in [3.8, 4) is 0 Å². The molecule has 2 aromatic rings. The molecule has 0 aromatic heterocycles. The highest BCUT2D eigenvalue weighted by Gasteiger charge is 2.36. The van der Waals surface area contributed by atoms with Crippen molar-refractivity contribution in [2.24, 2.45) is 0 Å². The lowest BCUT2D eigenvalue weighted by Crippen LogP contribution is -2.54. The lowest BCUT2D eigenvalue weighted by atomic mass is 9.97. The Morgan fingerprint density at radius 2 is 1.61 bits per heavy atom. The number of ether oxygens (including phenoxy) is 2. The zero-order chi connectivity index (χ0) is 32.7. The fourth-order valence-corrected chi connectivity index (χ4v) is 4.80. The lowest BCUT2D eigenvalue weighted by molar-refractivity contribution is -0.144. The maximum atomic E-state index is 14.6. The summed E-state index contributed by atoms with van der Waals surface area (Å²) in [5.41, 5.74) is 2.80. The fourth-order valence-electron chi connectivity index (χ4n) is 4.80. The molecule has 0 aliphatic heterocycles. The van der Waals surface area contributed by atoms with E-state index in [0.29, 0.717) is 18.5 Å². The molecule has 0 radical (unpaired) electrons. The number of hydrogen-bond acceptors (Lipinski definition) is 6. The first kappa shape index (κ1) is 36.3. The van der Waals surface area contributed by atoms with Gasteiger partial charge in [-0.3, -0.25) is 14.4 Å². The van der Waals surface area contributed by atoms with Gasteiger partial charge >= 0.3 is 12.1 Å². The number of esters is 1. The Morgan fingerprint density at radius 3 is 2.23 bits per heavy atom. The number of nitrogens with zero attached hydrogens (tertiary/aromatic N) is 1. The van der Waals surface area contributed by atoms with E-state index in [9.17, 15) is 19.2 Å². The molecule has 9 heteroatoms. The molecule has 0 aliphatic carbocycles. The summed E-state index contributed by atoms with van der Waals surface area (Å²) in [7, 11) is 0. The smallest absolute Gasteiger partial charge is 0.408 e. The SMILES string of the molecule is CCCCCCN(C(=O)C(Cc1ccccc1)NC(=O)OC(C)(C)C)C(C(=O)NCCC(=O)OCC)c1ccc(C)c(C)c1. The van der Waals surface area contributed by atoms with Gasteiger partial charge in [0.2, 0.25) is 11.8 Å². The van der Waals surface area contributed by atoms with E-state index in [4.69, 9.17) is 9.47 Å². The number of nitrogens with one attached hydrogen (secondary N) is 2. The largest absolute Gasteiger partial charge is 0.466 e. The van der Waals surface area contributed by atoms with E-state index in [1.807, 2.05) is 62.4 Å². The Kier molecular flexibility index (Phi) is 14.9. The number of alkyl carbamates (subject to hydrolysis) is 1. The summed E-state index contributed by atoms with van der Waals surface area (Å²) in [5.74, 6) is -1.20. The van der Waals surface area contributed by atoms with Crippen LogP contribution in [0.1, 0.15) is 95.0 Å². The van der Waals surface area contributed by atoms with Crippen LogP contribution in [0.4, 0.5) is 4.79 Å². The molecule has 44 heavy (non-hydrogen) atoms. The van der Waals surface area contributed by atoms with Crippen LogP contribution >= 0.6 is 0 Å². The predicted octanol–water partition coefficient (Wildman–Crippen LogP) is 5.96. The third kappa shape index (κ3) is 12.4. The van der Waals surface area contributed by atoms with Crippen LogP contribution in [0, 0.1) is 13.8 Å². The van der Waals surface area contributed by atoms with E-state index in [2.05, 4.69) is 17.6 Å². The molecule has 9 nitrogen and oxygen atoms in total. The van der Waals surface area contributed by atoms with Crippen molar-refractivity contribution >= 4 is 23.9 Å². The van der Waals surface area contributed by atoms with Gasteiger partial charge in [-0.2, -0.15) is 0 Å². The minimum Gasteiger partial charge on any atom is -0.466 e. The van der Waals surface area contributed by atoms with Gasteiger partial charge in [0.05, 0.1) is 13.0 Å². The Morgan fingerprint density at radius 1 is 0.909 bits per heavy atom. The summed E-state index contributed by atoms with van der Waals surface area (Å²) in [4.78, 5) is 55.0. The van der Waals surface area contributed by atoms with Crippen molar-refractivity contribution in [2.45, 2.75) is 105 Å². The zero-order valence-corrected chi connectivity index (χ0v) is 27.5. The van der Waals surface area contributed by atoms with Gasteiger partial charge in [0.25, 0.3) is 0 Å². The van der Waals surface area contributed by atoms with Crippen LogP contribution in [0.3, 0.4) is 0 Å². The van der Waals surface area contributed by atoms with E-state index >= 15 is 0 Å². The van der Waals surface area contributed by atoms with Crippen molar-refractivity contribution in [3.63, 3.8) is 0 Å². The minimum atomic E-state index is -0.986. The van der Waals surface area contributed by atoms with Crippen molar-refractivity contribution < 1.29 is 28.7 Å². The molecule has 0 aliphatic rings. The Hall–Kier alpha value is -3.88. The number of unbranched alkanes of at least 4 members (excludes halogenated alkanes) is 3. The van der Waals surface area contributed by atoms with Crippen LogP contribution in [0.25, 0.3) is 0 Å². The number of rotatable bonds is 16. The topological polar surface area (TPSA) is 114 Å². The Labute approximate surface area is 263 Å². The molecule has 0 bridgehead atoms. The van der Waals surface area contributed by atoms with Crippen LogP contribution in [-0.2, 0) is 30.3 Å². The highest BCUT2D eigenvalue weighted by molar-refractivity contribution is 5.92. The van der Waals surface area contributed by atoms with Crippen LogP contribution < -0.4 is 10.6 Å². The monoisotopic (exact) mass is 609 g/mol. The number of carbonyl (C=O) groups excluding carboxylic acids is 4. The van der Waals surface area contributed by atoms with Gasteiger partial charge in [0, 0.05) is 19.5 Å². The molecule has 242 valence electrons. The summed E-state index contributed by atoms with van der Waals surface area (Å²) >= 11 is 0. The first-order valence-corrected chi connectivity index (χ1v) is 15.7. The number of benzene rings is 2. The maximum absolute atomic E-state index is 14.6. The Bertz CT molecular complexity index is 1220. The maximum Gasteiger partial charge on any atom is 0.408 e. The highest BCUT2D eigenvalue weighted by atomic mass is 16.6. The summed E-state index contributed by atoms with van der Waals surface area (Å²) in [6.07, 6.45) is 3.09. The quantitative estimate of drug-likeness (QED) is 0.179. The molecular weight excluding hydrogens is 558 g/mol. The molecular formula is C35H51N3O6. The normalized spacial score (nSPS) is 12.5. The second kappa shape index (κ2) is 18.0. The molecule has 0 heterocycles. The van der Waals surface area contributed by atoms with Crippen molar-refractivity contribution in [3.05, 3.63) is 70.8 Å². The average Bonchev–Trinajstić information content (AvgIpc) is 2.95. The number of hydrogen-bond donors (Lipinski definition) is 2. The third-order valence-electron chi connectivity index (χ3n) is 7.15. The Balaban J connectivity index is 2.54. The molecule has 0 spiro atoms. The van der Waals surface area contributed by atoms with Crippen LogP contribution in [-0.4, -0.2) is 60.1 Å². The molecule has 2 rings (SSSR count). The average molecular weight is 610 g/mol. The zero-order valence-electron chi connectivity index (χ0n) is 27.5. The van der Waals surface area contributed by atoms with Crippen molar-refractivity contribution in [2.75, 3.05) is 19.7 Å². The lowest BCUT2D eigenvalue weighted by Gasteiger charge is -2.35. The second-order valence-electron chi connectivity index (χ2n) is 12.1. The molecule has 2 N–H and O–H groups in total. The molecule has 0 fully saturated rings. The van der Waals surface area contributed by atoms with Gasteiger partial charge in [-0.25, -0.2) is 4.79 Å². The van der Waals surface area contributed by atoms with Gasteiger partial charge in [-0.05, 0) is 70.2 Å². The van der Waals surface area contributed by atoms with Crippen LogP contribution in [0.2, 0.25) is 0 Å². The molecule has 0 saturated heterocycles. The summed E-state index contributed by atoms with van der Waals surface area (Å²) in [6, 6.07) is 13.2. The second-order valence-corrected chi connectivity index (χ2v) is 12.1. The molecule has 2 unspecified atom stereocenters. The summed E-state index contributed by atoms with van der Waals surface area (Å²) in [6.45, 7) is 13.7. The summed E-state index contributed by atoms with van der Waals surface area (Å²) in [5, 5.41) is 5.65. The number of aryl methyl sites for hydroxylation is 2. The van der Waals surface area contributed by atoms with Crippen LogP contribution in [0.5, 0.6) is 0 Å². The van der Waals surface area contributed by atoms with E-state index in [0.717, 1.165) is 36.0 Å². The molecule has 2 aromatic carbocycles. The van der Waals surface area contributed by atoms with Gasteiger partial charge in [0.15, 0.2) is 0 Å². The molecule has 2 atom stereocenters. The van der Waals surface area contributed by atoms with Gasteiger partial charge < -0.3 is 25.0 Å². The molecule has 3 amide bonds. The third-order valence-corrected chi connectivity index (χ3v) is 7.15. The predicted molar refractivity (Wildman–Crippen MR) is 172 cm³/mol. The van der Waals surface area contributed by atoms with Gasteiger partial charge in [0.1, 0.15) is 17.7 Å². The fraction of sp³-hybridized carbons (Fsp3) is 0.543. The standard InChI is InChI=1S/C35H51N3O6/c1-8-10-11-15-22-38(33(41)29(24-27-16-13-12-14-17-27)37-34(42)44-35(5,6)7)31(28-19-18-25(3)26(4)23-28)32(40)36-21-20-30(39)43-9-2/h12-14,16-19,23,29,31H,8-11,15,20-22,24H2,1-7H3,(H,36,40)(H,37,42). The van der Waals surface area contributed by atoms with Gasteiger partial charge in [-0.1, -0.05) is 74.7 Å². The van der Waals surface area contributed by atoms with Crippen LogP contribution in [0.15, 0.2) is 48.5 Å². The number of amides is 3. The minimum absolute atomic E-state index is 0.0144. The first-order chi connectivity index (χ1) is 20.9. The van der Waals surface area contributed by atoms with E-state index in [1.165, 1.54) is 0 Å². The van der Waals surface area contributed by atoms with Crippen molar-refractivity contribution in [1.82, 2.24) is 15.5 Å². The van der Waals surface area contributed by atoms with Gasteiger partial charge in [-0.15, -0.1) is 0 Å². The summed E-state index contributed by atoms with van der Waals surface area (Å²) < 4.78 is 10.5. The van der Waals surface area contributed by atoms with E-state index < -0.39 is 35.7 Å². The molecule has 0 saturated carbocycles. The van der Waals surface area contributed by atoms with Crippen molar-refractivity contribution in [1.29, 1.82) is 0 Å². The highest BCUT2D eigenvalue weighted by Crippen LogP contribution is 2.26. The number of carbonyl (C=O) groups is 4. The van der Waals surface area contributed by atoms with E-state index in [-0.39, 0.29) is 31.9 Å².